The van der Waals surface area contributed by atoms with E-state index in [0.29, 0.717) is 35.4 Å². The highest BCUT2D eigenvalue weighted by molar-refractivity contribution is 5.93. The Morgan fingerprint density at radius 1 is 0.970 bits per heavy atom. The van der Waals surface area contributed by atoms with Gasteiger partial charge in [0.2, 0.25) is 5.95 Å². The van der Waals surface area contributed by atoms with Crippen molar-refractivity contribution in [2.75, 3.05) is 31.6 Å². The van der Waals surface area contributed by atoms with Crippen molar-refractivity contribution < 1.29 is 9.59 Å². The second kappa shape index (κ2) is 10.1. The molecule has 2 aliphatic heterocycles. The van der Waals surface area contributed by atoms with Crippen LogP contribution in [0.15, 0.2) is 12.4 Å². The minimum absolute atomic E-state index is 0.0190. The normalized spacial score (nSPS) is 27.9. The summed E-state index contributed by atoms with van der Waals surface area (Å²) in [5.74, 6) is 1.93. The summed E-state index contributed by atoms with van der Waals surface area (Å²) >= 11 is 0. The maximum atomic E-state index is 13.0. The standard InChI is InChI=1S/C26H41N5O2/c1-17(2)24(32)20-8-6-19(7-9-20)14-29(5)25(33)21-12-27-26(28-13-21)31-22-10-11-23(31)16-30(15-22)18(3)4/h12-13,17-20,22-23H,6-11,14-16H2,1-5H3. The van der Waals surface area contributed by atoms with Crippen LogP contribution in [0, 0.1) is 17.8 Å². The fourth-order valence-electron chi connectivity index (χ4n) is 6.04. The van der Waals surface area contributed by atoms with Crippen LogP contribution in [0.5, 0.6) is 0 Å². The van der Waals surface area contributed by atoms with E-state index in [4.69, 9.17) is 0 Å². The van der Waals surface area contributed by atoms with E-state index in [0.717, 1.165) is 51.3 Å². The molecule has 0 aromatic carbocycles. The summed E-state index contributed by atoms with van der Waals surface area (Å²) in [7, 11) is 1.87. The maximum Gasteiger partial charge on any atom is 0.256 e. The molecule has 1 aromatic heterocycles. The first kappa shape index (κ1) is 24.1. The van der Waals surface area contributed by atoms with Gasteiger partial charge in [0.1, 0.15) is 5.78 Å². The van der Waals surface area contributed by atoms with E-state index < -0.39 is 0 Å². The number of likely N-dealkylation sites (tertiary alicyclic amines) is 1. The molecule has 7 nitrogen and oxygen atoms in total. The molecule has 33 heavy (non-hydrogen) atoms. The van der Waals surface area contributed by atoms with Gasteiger partial charge in [-0.15, -0.1) is 0 Å². The number of fused-ring (bicyclic) bond motifs is 2. The molecule has 1 aromatic rings. The lowest BCUT2D eigenvalue weighted by molar-refractivity contribution is -0.127. The molecular formula is C26H41N5O2. The third-order valence-corrected chi connectivity index (χ3v) is 8.05. The first-order valence-corrected chi connectivity index (χ1v) is 12.9. The Morgan fingerprint density at radius 3 is 2.06 bits per heavy atom. The number of hydrogen-bond donors (Lipinski definition) is 0. The van der Waals surface area contributed by atoms with Crippen LogP contribution in [0.2, 0.25) is 0 Å². The second-order valence-corrected chi connectivity index (χ2v) is 11.1. The number of rotatable bonds is 7. The first-order chi connectivity index (χ1) is 15.7. The largest absolute Gasteiger partial charge is 0.341 e. The topological polar surface area (TPSA) is 69.6 Å². The van der Waals surface area contributed by atoms with Crippen molar-refractivity contribution in [1.29, 1.82) is 0 Å². The predicted octanol–water partition coefficient (Wildman–Crippen LogP) is 3.64. The van der Waals surface area contributed by atoms with Gasteiger partial charge in [-0.2, -0.15) is 0 Å². The zero-order valence-corrected chi connectivity index (χ0v) is 21.0. The van der Waals surface area contributed by atoms with E-state index in [1.54, 1.807) is 17.3 Å². The van der Waals surface area contributed by atoms with Gasteiger partial charge in [-0.05, 0) is 58.3 Å². The lowest BCUT2D eigenvalue weighted by Crippen LogP contribution is -2.56. The summed E-state index contributed by atoms with van der Waals surface area (Å²) < 4.78 is 0. The minimum Gasteiger partial charge on any atom is -0.341 e. The average Bonchev–Trinajstić information content (AvgIpc) is 3.07. The van der Waals surface area contributed by atoms with Gasteiger partial charge < -0.3 is 9.80 Å². The smallest absolute Gasteiger partial charge is 0.256 e. The number of carbonyl (C=O) groups excluding carboxylic acids is 2. The van der Waals surface area contributed by atoms with E-state index in [9.17, 15) is 9.59 Å². The van der Waals surface area contributed by atoms with Crippen LogP contribution < -0.4 is 4.90 Å². The van der Waals surface area contributed by atoms with Gasteiger partial charge in [-0.25, -0.2) is 9.97 Å². The van der Waals surface area contributed by atoms with Crippen molar-refractivity contribution in [3.63, 3.8) is 0 Å². The monoisotopic (exact) mass is 455 g/mol. The summed E-state index contributed by atoms with van der Waals surface area (Å²) in [6.07, 6.45) is 9.71. The van der Waals surface area contributed by atoms with Crippen molar-refractivity contribution >= 4 is 17.6 Å². The van der Waals surface area contributed by atoms with Gasteiger partial charge in [0.15, 0.2) is 0 Å². The fourth-order valence-corrected chi connectivity index (χ4v) is 6.04. The molecule has 0 radical (unpaired) electrons. The molecule has 4 rings (SSSR count). The van der Waals surface area contributed by atoms with E-state index in [-0.39, 0.29) is 17.7 Å². The third-order valence-electron chi connectivity index (χ3n) is 8.05. The number of ketones is 1. The fraction of sp³-hybridized carbons (Fsp3) is 0.769. The molecule has 3 aliphatic rings. The van der Waals surface area contributed by atoms with E-state index in [2.05, 4.69) is 33.6 Å². The van der Waals surface area contributed by atoms with Crippen LogP contribution in [-0.2, 0) is 4.79 Å². The molecule has 3 heterocycles. The van der Waals surface area contributed by atoms with Gasteiger partial charge >= 0.3 is 0 Å². The van der Waals surface area contributed by atoms with Gasteiger partial charge in [0, 0.05) is 69.0 Å². The highest BCUT2D eigenvalue weighted by atomic mass is 16.2. The van der Waals surface area contributed by atoms with Gasteiger partial charge in [0.05, 0.1) is 5.56 Å². The summed E-state index contributed by atoms with van der Waals surface area (Å²) in [6, 6.07) is 1.50. The summed E-state index contributed by atoms with van der Waals surface area (Å²) in [6.45, 7) is 11.4. The molecule has 2 saturated heterocycles. The number of piperazine rings is 1. The van der Waals surface area contributed by atoms with Crippen molar-refractivity contribution in [2.24, 2.45) is 17.8 Å². The van der Waals surface area contributed by atoms with Gasteiger partial charge in [0.25, 0.3) is 5.91 Å². The molecule has 2 atom stereocenters. The van der Waals surface area contributed by atoms with Crippen molar-refractivity contribution in [3.05, 3.63) is 18.0 Å². The molecule has 1 amide bonds. The lowest BCUT2D eigenvalue weighted by Gasteiger charge is -2.42. The number of Topliss-reactive ketones (excluding diaryl/α,β-unsaturated/α-hetero) is 1. The molecule has 2 bridgehead atoms. The highest BCUT2D eigenvalue weighted by Gasteiger charge is 2.41. The maximum absolute atomic E-state index is 13.0. The van der Waals surface area contributed by atoms with Crippen LogP contribution in [0.25, 0.3) is 0 Å². The lowest BCUT2D eigenvalue weighted by atomic mass is 9.77. The molecule has 2 unspecified atom stereocenters. The molecule has 1 saturated carbocycles. The zero-order chi connectivity index (χ0) is 23.7. The average molecular weight is 456 g/mol. The number of carbonyl (C=O) groups is 2. The van der Waals surface area contributed by atoms with Crippen LogP contribution in [-0.4, -0.2) is 76.3 Å². The minimum atomic E-state index is -0.0190. The van der Waals surface area contributed by atoms with Crippen molar-refractivity contribution in [3.8, 4) is 0 Å². The quantitative estimate of drug-likeness (QED) is 0.625. The molecule has 182 valence electrons. The molecule has 3 fully saturated rings. The summed E-state index contributed by atoms with van der Waals surface area (Å²) in [5, 5.41) is 0. The second-order valence-electron chi connectivity index (χ2n) is 11.1. The van der Waals surface area contributed by atoms with E-state index in [1.807, 2.05) is 20.9 Å². The first-order valence-electron chi connectivity index (χ1n) is 12.9. The Bertz CT molecular complexity index is 818. The van der Waals surface area contributed by atoms with Crippen LogP contribution in [0.3, 0.4) is 0 Å². The van der Waals surface area contributed by atoms with Crippen LogP contribution >= 0.6 is 0 Å². The number of aromatic nitrogens is 2. The zero-order valence-electron chi connectivity index (χ0n) is 21.0. The number of hydrogen-bond acceptors (Lipinski definition) is 6. The van der Waals surface area contributed by atoms with Crippen molar-refractivity contribution in [2.45, 2.75) is 84.3 Å². The molecule has 1 aliphatic carbocycles. The molecule has 0 spiro atoms. The number of amides is 1. The number of nitrogens with zero attached hydrogens (tertiary/aromatic N) is 5. The SMILES string of the molecule is CC(C)C(=O)C1CCC(CN(C)C(=O)c2cnc(N3C4CCC3CN(C(C)C)C4)nc2)CC1. The molecule has 7 heteroatoms. The molecule has 0 N–H and O–H groups in total. The van der Waals surface area contributed by atoms with Crippen molar-refractivity contribution in [1.82, 2.24) is 19.8 Å². The third kappa shape index (κ3) is 5.23. The van der Waals surface area contributed by atoms with Gasteiger partial charge in [-0.3, -0.25) is 14.5 Å². The van der Waals surface area contributed by atoms with E-state index >= 15 is 0 Å². The highest BCUT2D eigenvalue weighted by Crippen LogP contribution is 2.34. The Labute approximate surface area is 198 Å². The predicted molar refractivity (Wildman–Crippen MR) is 130 cm³/mol. The Morgan fingerprint density at radius 2 is 1.55 bits per heavy atom. The molecular weight excluding hydrogens is 414 g/mol. The summed E-state index contributed by atoms with van der Waals surface area (Å²) in [4.78, 5) is 41.2. The Kier molecular flexibility index (Phi) is 7.37. The van der Waals surface area contributed by atoms with Crippen LogP contribution in [0.4, 0.5) is 5.95 Å². The Hall–Kier alpha value is -2.02. The van der Waals surface area contributed by atoms with E-state index in [1.165, 1.54) is 12.8 Å². The van der Waals surface area contributed by atoms with Crippen LogP contribution in [0.1, 0.15) is 76.6 Å². The number of anilines is 1. The Balaban J connectivity index is 1.31. The summed E-state index contributed by atoms with van der Waals surface area (Å²) in [5.41, 5.74) is 0.554. The van der Waals surface area contributed by atoms with Gasteiger partial charge in [-0.1, -0.05) is 13.8 Å².